The molecule has 0 fully saturated rings. The van der Waals surface area contributed by atoms with Gasteiger partial charge in [0.2, 0.25) is 0 Å². The number of carboxylic acids is 1. The fraction of sp³-hybridized carbons (Fsp3) is 0.500. The maximum atomic E-state index is 11.9. The van der Waals surface area contributed by atoms with Crippen LogP contribution in [0.15, 0.2) is 12.1 Å². The molecule has 6 heteroatoms. The highest BCUT2D eigenvalue weighted by molar-refractivity contribution is 7.15. The SMILES string of the molecule is COCC(NC(=O)c1ccc(C(=O)O)s1)C(C)C. The van der Waals surface area contributed by atoms with Gasteiger partial charge in [0.05, 0.1) is 17.5 Å². The monoisotopic (exact) mass is 271 g/mol. The van der Waals surface area contributed by atoms with Gasteiger partial charge in [0.25, 0.3) is 5.91 Å². The van der Waals surface area contributed by atoms with E-state index >= 15 is 0 Å². The van der Waals surface area contributed by atoms with Gasteiger partial charge in [-0.3, -0.25) is 4.79 Å². The van der Waals surface area contributed by atoms with Crippen LogP contribution >= 0.6 is 11.3 Å². The molecule has 100 valence electrons. The summed E-state index contributed by atoms with van der Waals surface area (Å²) in [5.41, 5.74) is 0. The highest BCUT2D eigenvalue weighted by Crippen LogP contribution is 2.17. The highest BCUT2D eigenvalue weighted by Gasteiger charge is 2.19. The molecule has 1 heterocycles. The van der Waals surface area contributed by atoms with Crippen LogP contribution in [0.1, 0.15) is 33.2 Å². The summed E-state index contributed by atoms with van der Waals surface area (Å²) in [5.74, 6) is -1.03. The van der Waals surface area contributed by atoms with E-state index in [1.165, 1.54) is 12.1 Å². The molecule has 18 heavy (non-hydrogen) atoms. The Morgan fingerprint density at radius 1 is 1.39 bits per heavy atom. The fourth-order valence-electron chi connectivity index (χ4n) is 1.39. The van der Waals surface area contributed by atoms with E-state index in [1.807, 2.05) is 13.8 Å². The van der Waals surface area contributed by atoms with Gasteiger partial charge in [-0.25, -0.2) is 4.79 Å². The summed E-state index contributed by atoms with van der Waals surface area (Å²) in [6.07, 6.45) is 0. The molecule has 2 N–H and O–H groups in total. The first-order valence-electron chi connectivity index (χ1n) is 5.58. The molecular formula is C12H17NO4S. The average molecular weight is 271 g/mol. The zero-order valence-electron chi connectivity index (χ0n) is 10.6. The summed E-state index contributed by atoms with van der Waals surface area (Å²) in [6.45, 7) is 4.41. The molecule has 0 aromatic carbocycles. The molecule has 1 aromatic heterocycles. The number of ether oxygens (including phenoxy) is 1. The number of carbonyl (C=O) groups is 2. The predicted molar refractivity (Wildman–Crippen MR) is 69.2 cm³/mol. The van der Waals surface area contributed by atoms with Gasteiger partial charge in [0.15, 0.2) is 0 Å². The first-order chi connectivity index (χ1) is 8.45. The standard InChI is InChI=1S/C12H17NO4S/c1-7(2)8(6-17-3)13-11(14)9-4-5-10(18-9)12(15)16/h4-5,7-8H,6H2,1-3H3,(H,13,14)(H,15,16). The van der Waals surface area contributed by atoms with Crippen molar-refractivity contribution >= 4 is 23.2 Å². The Hall–Kier alpha value is -1.40. The molecule has 1 aromatic rings. The van der Waals surface area contributed by atoms with E-state index in [-0.39, 0.29) is 22.7 Å². The lowest BCUT2D eigenvalue weighted by atomic mass is 10.1. The Morgan fingerprint density at radius 3 is 2.44 bits per heavy atom. The normalized spacial score (nSPS) is 12.4. The molecule has 1 rings (SSSR count). The number of methoxy groups -OCH3 is 1. The lowest BCUT2D eigenvalue weighted by molar-refractivity contribution is 0.0702. The quantitative estimate of drug-likeness (QED) is 0.828. The third-order valence-corrected chi connectivity index (χ3v) is 3.58. The van der Waals surface area contributed by atoms with Crippen LogP contribution in [0.5, 0.6) is 0 Å². The molecular weight excluding hydrogens is 254 g/mol. The summed E-state index contributed by atoms with van der Waals surface area (Å²) >= 11 is 0.968. The van der Waals surface area contributed by atoms with Gasteiger partial charge in [-0.05, 0) is 18.1 Å². The van der Waals surface area contributed by atoms with E-state index in [0.29, 0.717) is 11.5 Å². The van der Waals surface area contributed by atoms with Crippen LogP contribution in [0.4, 0.5) is 0 Å². The van der Waals surface area contributed by atoms with Crippen LogP contribution in [0, 0.1) is 5.92 Å². The van der Waals surface area contributed by atoms with E-state index in [0.717, 1.165) is 11.3 Å². The number of nitrogens with one attached hydrogen (secondary N) is 1. The maximum absolute atomic E-state index is 11.9. The number of aromatic carboxylic acids is 1. The number of carbonyl (C=O) groups excluding carboxylic acids is 1. The van der Waals surface area contributed by atoms with Crippen LogP contribution in [-0.2, 0) is 4.74 Å². The van der Waals surface area contributed by atoms with Crippen molar-refractivity contribution in [3.63, 3.8) is 0 Å². The van der Waals surface area contributed by atoms with E-state index < -0.39 is 5.97 Å². The highest BCUT2D eigenvalue weighted by atomic mass is 32.1. The lowest BCUT2D eigenvalue weighted by Crippen LogP contribution is -2.41. The summed E-state index contributed by atoms with van der Waals surface area (Å²) in [7, 11) is 1.58. The maximum Gasteiger partial charge on any atom is 0.345 e. The molecule has 0 saturated heterocycles. The van der Waals surface area contributed by atoms with E-state index in [4.69, 9.17) is 9.84 Å². The molecule has 0 bridgehead atoms. The van der Waals surface area contributed by atoms with Crippen LogP contribution < -0.4 is 5.32 Å². The third-order valence-electron chi connectivity index (χ3n) is 2.51. The van der Waals surface area contributed by atoms with Gasteiger partial charge in [-0.1, -0.05) is 13.8 Å². The van der Waals surface area contributed by atoms with Gasteiger partial charge in [0, 0.05) is 7.11 Å². The number of hydrogen-bond acceptors (Lipinski definition) is 4. The second kappa shape index (κ2) is 6.51. The Balaban J connectivity index is 2.71. The Labute approximate surface area is 110 Å². The number of rotatable bonds is 6. The Bertz CT molecular complexity index is 427. The molecule has 1 amide bonds. The molecule has 0 aliphatic carbocycles. The topological polar surface area (TPSA) is 75.6 Å². The Morgan fingerprint density at radius 2 is 2.00 bits per heavy atom. The molecule has 1 unspecified atom stereocenters. The number of amides is 1. The molecule has 1 atom stereocenters. The molecule has 5 nitrogen and oxygen atoms in total. The molecule has 0 radical (unpaired) electrons. The van der Waals surface area contributed by atoms with E-state index in [1.54, 1.807) is 7.11 Å². The molecule has 0 saturated carbocycles. The van der Waals surface area contributed by atoms with Crippen molar-refractivity contribution in [2.45, 2.75) is 19.9 Å². The second-order valence-electron chi connectivity index (χ2n) is 4.25. The van der Waals surface area contributed by atoms with Crippen molar-refractivity contribution in [2.75, 3.05) is 13.7 Å². The van der Waals surface area contributed by atoms with Crippen LogP contribution in [0.25, 0.3) is 0 Å². The summed E-state index contributed by atoms with van der Waals surface area (Å²) < 4.78 is 5.04. The van der Waals surface area contributed by atoms with Crippen molar-refractivity contribution in [3.05, 3.63) is 21.9 Å². The average Bonchev–Trinajstić information content (AvgIpc) is 2.77. The smallest absolute Gasteiger partial charge is 0.345 e. The van der Waals surface area contributed by atoms with Crippen molar-refractivity contribution in [2.24, 2.45) is 5.92 Å². The van der Waals surface area contributed by atoms with Gasteiger partial charge >= 0.3 is 5.97 Å². The third kappa shape index (κ3) is 3.82. The van der Waals surface area contributed by atoms with Gasteiger partial charge in [-0.2, -0.15) is 0 Å². The minimum Gasteiger partial charge on any atom is -0.477 e. The summed E-state index contributed by atoms with van der Waals surface area (Å²) in [6, 6.07) is 2.87. The second-order valence-corrected chi connectivity index (χ2v) is 5.33. The summed E-state index contributed by atoms with van der Waals surface area (Å²) in [5, 5.41) is 11.6. The van der Waals surface area contributed by atoms with Gasteiger partial charge in [0.1, 0.15) is 4.88 Å². The van der Waals surface area contributed by atoms with Crippen molar-refractivity contribution in [1.82, 2.24) is 5.32 Å². The van der Waals surface area contributed by atoms with Crippen molar-refractivity contribution in [3.8, 4) is 0 Å². The van der Waals surface area contributed by atoms with Crippen LogP contribution in [0.3, 0.4) is 0 Å². The summed E-state index contributed by atoms with van der Waals surface area (Å²) in [4.78, 5) is 23.2. The molecule has 0 spiro atoms. The largest absolute Gasteiger partial charge is 0.477 e. The van der Waals surface area contributed by atoms with Crippen LogP contribution in [-0.4, -0.2) is 36.7 Å². The van der Waals surface area contributed by atoms with E-state index in [9.17, 15) is 9.59 Å². The zero-order valence-corrected chi connectivity index (χ0v) is 11.4. The Kier molecular flexibility index (Phi) is 5.30. The number of thiophene rings is 1. The minimum atomic E-state index is -1.02. The minimum absolute atomic E-state index is 0.0853. The van der Waals surface area contributed by atoms with Gasteiger partial charge < -0.3 is 15.2 Å². The molecule has 0 aliphatic rings. The first kappa shape index (κ1) is 14.7. The fourth-order valence-corrected chi connectivity index (χ4v) is 2.14. The zero-order chi connectivity index (χ0) is 13.7. The molecule has 0 aliphatic heterocycles. The lowest BCUT2D eigenvalue weighted by Gasteiger charge is -2.21. The van der Waals surface area contributed by atoms with Crippen molar-refractivity contribution < 1.29 is 19.4 Å². The number of hydrogen-bond donors (Lipinski definition) is 2. The predicted octanol–water partition coefficient (Wildman–Crippen LogP) is 1.85. The van der Waals surface area contributed by atoms with Crippen LogP contribution in [0.2, 0.25) is 0 Å². The van der Waals surface area contributed by atoms with Gasteiger partial charge in [-0.15, -0.1) is 11.3 Å². The number of carboxylic acid groups (broad SMARTS) is 1. The van der Waals surface area contributed by atoms with E-state index in [2.05, 4.69) is 5.32 Å². The first-order valence-corrected chi connectivity index (χ1v) is 6.40. The van der Waals surface area contributed by atoms with Crippen molar-refractivity contribution in [1.29, 1.82) is 0 Å².